The number of nitrogens with zero attached hydrogens (tertiary/aromatic N) is 2. The summed E-state index contributed by atoms with van der Waals surface area (Å²) < 4.78 is 48.5. The second-order valence-electron chi connectivity index (χ2n) is 13.9. The highest BCUT2D eigenvalue weighted by Crippen LogP contribution is 2.67. The van der Waals surface area contributed by atoms with E-state index in [2.05, 4.69) is 24.9 Å². The Bertz CT molecular complexity index is 1240. The van der Waals surface area contributed by atoms with E-state index < -0.39 is 18.0 Å². The molecule has 1 aromatic rings. The van der Waals surface area contributed by atoms with Crippen LogP contribution in [0.15, 0.2) is 30.4 Å². The normalized spacial score (nSPS) is 35.0. The predicted molar refractivity (Wildman–Crippen MR) is 161 cm³/mol. The number of carbonyl (C=O) groups excluding carboxylic acids is 2. The first-order chi connectivity index (χ1) is 20.3. The summed E-state index contributed by atoms with van der Waals surface area (Å²) in [5, 5.41) is -0.170. The number of esters is 2. The average molecular weight is 621 g/mol. The van der Waals surface area contributed by atoms with Gasteiger partial charge in [0.15, 0.2) is 6.10 Å². The van der Waals surface area contributed by atoms with Gasteiger partial charge in [-0.1, -0.05) is 32.4 Å². The lowest BCUT2D eigenvalue weighted by Gasteiger charge is -2.58. The zero-order chi connectivity index (χ0) is 31.2. The molecule has 0 saturated heterocycles. The molecule has 43 heavy (non-hydrogen) atoms. The molecule has 0 aliphatic heterocycles. The van der Waals surface area contributed by atoms with Crippen molar-refractivity contribution in [2.45, 2.75) is 111 Å². The summed E-state index contributed by atoms with van der Waals surface area (Å²) >= 11 is 5.31. The number of halogens is 2. The molecular weight excluding hydrogens is 574 g/mol. The van der Waals surface area contributed by atoms with E-state index in [0.717, 1.165) is 51.4 Å². The van der Waals surface area contributed by atoms with Crippen LogP contribution in [0.3, 0.4) is 0 Å². The fourth-order valence-corrected chi connectivity index (χ4v) is 9.84. The van der Waals surface area contributed by atoms with Crippen LogP contribution in [0.25, 0.3) is 0 Å². The third-order valence-corrected chi connectivity index (χ3v) is 12.0. The van der Waals surface area contributed by atoms with Crippen LogP contribution < -0.4 is 0 Å². The molecule has 0 spiro atoms. The largest absolute Gasteiger partial charge is 0.462 e. The van der Waals surface area contributed by atoms with Crippen molar-refractivity contribution < 1.29 is 32.6 Å². The van der Waals surface area contributed by atoms with Gasteiger partial charge in [-0.3, -0.25) is 9.36 Å². The number of carbonyl (C=O) groups is 2. The highest BCUT2D eigenvalue weighted by atomic mass is 32.1. The summed E-state index contributed by atoms with van der Waals surface area (Å²) in [6.45, 7) is 9.66. The standard InChI is InChI=1S/C33H46F2N2O5S/c1-6-40-29(39)33(34,35)28(42-30(43)37-16-15-36-19-37)17-20(2)25-9-10-26-24-8-7-22-18-23(41-21(3)38)11-13-31(22,4)27(24)12-14-32(25,26)5/h7,15-16,19-20,23-28H,6,8-14,17-18H2,1-5H3/t20-,23+,24+,25-,26+,27+,28?,31+,32-/m1/s1. The molecule has 3 saturated carbocycles. The fraction of sp³-hybridized carbons (Fsp3) is 0.758. The molecule has 7 nitrogen and oxygen atoms in total. The number of alkyl halides is 2. The van der Waals surface area contributed by atoms with Crippen LogP contribution in [0.1, 0.15) is 92.4 Å². The van der Waals surface area contributed by atoms with E-state index in [1.54, 1.807) is 0 Å². The number of fused-ring (bicyclic) bond motifs is 5. The molecule has 10 heteroatoms. The van der Waals surface area contributed by atoms with E-state index in [9.17, 15) is 9.59 Å². The Hall–Kier alpha value is -2.36. The third kappa shape index (κ3) is 5.89. The lowest BCUT2D eigenvalue weighted by Crippen LogP contribution is -2.51. The topological polar surface area (TPSA) is 79.6 Å². The van der Waals surface area contributed by atoms with Crippen molar-refractivity contribution in [2.24, 2.45) is 40.4 Å². The number of imidazole rings is 1. The first-order valence-electron chi connectivity index (χ1n) is 15.9. The zero-order valence-electron chi connectivity index (χ0n) is 26.0. The SMILES string of the molecule is CCOC(=O)C(F)(F)C(C[C@@H](C)[C@H]1CC[C@H]2[C@@H]3CC=C4C[C@@H](OC(C)=O)CC[C@]4(C)[C@H]3CC[C@]12C)OC(=S)n1ccnc1. The van der Waals surface area contributed by atoms with Gasteiger partial charge in [0.2, 0.25) is 0 Å². The summed E-state index contributed by atoms with van der Waals surface area (Å²) in [5.74, 6) is -3.90. The molecule has 1 aromatic heterocycles. The summed E-state index contributed by atoms with van der Waals surface area (Å²) in [6.07, 6.45) is 13.0. The second kappa shape index (κ2) is 12.2. The molecule has 0 aromatic carbocycles. The minimum Gasteiger partial charge on any atom is -0.462 e. The van der Waals surface area contributed by atoms with Gasteiger partial charge in [0, 0.05) is 25.7 Å². The second-order valence-corrected chi connectivity index (χ2v) is 14.2. The maximum atomic E-state index is 15.5. The maximum Gasteiger partial charge on any atom is 0.381 e. The number of aromatic nitrogens is 2. The number of hydrogen-bond acceptors (Lipinski definition) is 7. The van der Waals surface area contributed by atoms with Crippen LogP contribution in [0.5, 0.6) is 0 Å². The summed E-state index contributed by atoms with van der Waals surface area (Å²) in [7, 11) is 0. The Labute approximate surface area is 259 Å². The number of rotatable bonds is 8. The van der Waals surface area contributed by atoms with Crippen molar-refractivity contribution in [3.05, 3.63) is 30.4 Å². The first kappa shape index (κ1) is 32.0. The fourth-order valence-electron chi connectivity index (χ4n) is 9.62. The molecule has 1 heterocycles. The minimum atomic E-state index is -3.85. The van der Waals surface area contributed by atoms with E-state index >= 15 is 8.78 Å². The molecule has 1 unspecified atom stereocenters. The Kier molecular flexibility index (Phi) is 9.09. The lowest BCUT2D eigenvalue weighted by atomic mass is 9.47. The molecule has 0 amide bonds. The van der Waals surface area contributed by atoms with Gasteiger partial charge >= 0.3 is 17.9 Å². The Morgan fingerprint density at radius 3 is 2.63 bits per heavy atom. The number of thiocarbonyl (C=S) groups is 1. The van der Waals surface area contributed by atoms with E-state index in [-0.39, 0.29) is 52.9 Å². The minimum absolute atomic E-state index is 0.0129. The van der Waals surface area contributed by atoms with Crippen molar-refractivity contribution >= 4 is 29.3 Å². The summed E-state index contributed by atoms with van der Waals surface area (Å²) in [5.41, 5.74) is 1.59. The van der Waals surface area contributed by atoms with Crippen LogP contribution in [0.2, 0.25) is 0 Å². The number of hydrogen-bond donors (Lipinski definition) is 0. The summed E-state index contributed by atoms with van der Waals surface area (Å²) in [4.78, 5) is 27.9. The number of allylic oxidation sites excluding steroid dienone is 1. The predicted octanol–water partition coefficient (Wildman–Crippen LogP) is 7.14. The maximum absolute atomic E-state index is 15.5. The molecule has 3 fully saturated rings. The van der Waals surface area contributed by atoms with Crippen LogP contribution in [0, 0.1) is 40.4 Å². The Balaban J connectivity index is 1.33. The van der Waals surface area contributed by atoms with Crippen molar-refractivity contribution in [3.8, 4) is 0 Å². The van der Waals surface area contributed by atoms with E-state index in [0.29, 0.717) is 17.8 Å². The van der Waals surface area contributed by atoms with Gasteiger partial charge in [0.1, 0.15) is 12.4 Å². The molecule has 4 aliphatic carbocycles. The number of ether oxygens (including phenoxy) is 3. The molecular formula is C33H46F2N2O5S. The summed E-state index contributed by atoms with van der Waals surface area (Å²) in [6, 6.07) is 0. The monoisotopic (exact) mass is 620 g/mol. The molecule has 5 rings (SSSR count). The van der Waals surface area contributed by atoms with Crippen molar-refractivity contribution in [3.63, 3.8) is 0 Å². The van der Waals surface area contributed by atoms with Gasteiger partial charge in [-0.2, -0.15) is 8.78 Å². The molecule has 9 atom stereocenters. The van der Waals surface area contributed by atoms with E-state index in [1.807, 2.05) is 6.92 Å². The van der Waals surface area contributed by atoms with Crippen LogP contribution in [-0.4, -0.2) is 51.4 Å². The van der Waals surface area contributed by atoms with Crippen molar-refractivity contribution in [1.29, 1.82) is 0 Å². The molecule has 0 N–H and O–H groups in total. The van der Waals surface area contributed by atoms with Crippen LogP contribution in [-0.2, 0) is 23.8 Å². The van der Waals surface area contributed by atoms with Crippen molar-refractivity contribution in [1.82, 2.24) is 9.55 Å². The molecule has 238 valence electrons. The Morgan fingerprint density at radius 2 is 1.95 bits per heavy atom. The molecule has 0 radical (unpaired) electrons. The van der Waals surface area contributed by atoms with Gasteiger partial charge in [0.25, 0.3) is 5.17 Å². The third-order valence-electron chi connectivity index (χ3n) is 11.6. The lowest BCUT2D eigenvalue weighted by molar-refractivity contribution is -0.188. The van der Waals surface area contributed by atoms with E-state index in [1.165, 1.54) is 42.7 Å². The highest BCUT2D eigenvalue weighted by Gasteiger charge is 2.60. The molecule has 0 bridgehead atoms. The van der Waals surface area contributed by atoms with Gasteiger partial charge in [-0.05, 0) is 111 Å². The molecule has 4 aliphatic rings. The Morgan fingerprint density at radius 1 is 1.19 bits per heavy atom. The van der Waals surface area contributed by atoms with Crippen LogP contribution >= 0.6 is 12.2 Å². The smallest absolute Gasteiger partial charge is 0.381 e. The van der Waals surface area contributed by atoms with Gasteiger partial charge in [0.05, 0.1) is 6.61 Å². The van der Waals surface area contributed by atoms with Gasteiger partial charge < -0.3 is 14.2 Å². The quantitative estimate of drug-likeness (QED) is 0.174. The van der Waals surface area contributed by atoms with Crippen molar-refractivity contribution in [2.75, 3.05) is 6.61 Å². The zero-order valence-corrected chi connectivity index (χ0v) is 26.8. The highest BCUT2D eigenvalue weighted by molar-refractivity contribution is 7.80. The van der Waals surface area contributed by atoms with Gasteiger partial charge in [-0.15, -0.1) is 0 Å². The van der Waals surface area contributed by atoms with Gasteiger partial charge in [-0.25, -0.2) is 9.78 Å². The van der Waals surface area contributed by atoms with E-state index in [4.69, 9.17) is 26.4 Å². The van der Waals surface area contributed by atoms with Crippen LogP contribution in [0.4, 0.5) is 8.78 Å². The first-order valence-corrected chi connectivity index (χ1v) is 16.3. The average Bonchev–Trinajstić information content (AvgIpc) is 3.61.